The molecule has 1 amide bonds. The highest BCUT2D eigenvalue weighted by atomic mass is 19.1. The van der Waals surface area contributed by atoms with Gasteiger partial charge in [-0.15, -0.1) is 0 Å². The number of fused-ring (bicyclic) bond motifs is 1. The van der Waals surface area contributed by atoms with Gasteiger partial charge in [-0.2, -0.15) is 0 Å². The number of hydrogen-bond donors (Lipinski definition) is 0. The Morgan fingerprint density at radius 1 is 1.07 bits per heavy atom. The van der Waals surface area contributed by atoms with Crippen molar-refractivity contribution in [2.75, 3.05) is 32.7 Å². The Morgan fingerprint density at radius 3 is 2.43 bits per heavy atom. The SMILES string of the molecule is CC(C)(C)c1cn2cccc(C(=O)N3CCN(CCc4ccc(F)cc4)CC3)c2n1. The third-order valence-corrected chi connectivity index (χ3v) is 5.77. The summed E-state index contributed by atoms with van der Waals surface area (Å²) in [6.07, 6.45) is 4.85. The maximum atomic E-state index is 13.2. The normalized spacial score (nSPS) is 15.7. The first-order valence-electron chi connectivity index (χ1n) is 10.6. The minimum Gasteiger partial charge on any atom is -0.336 e. The van der Waals surface area contributed by atoms with Crippen LogP contribution in [0.4, 0.5) is 4.39 Å². The molecule has 3 aromatic rings. The van der Waals surface area contributed by atoms with E-state index in [9.17, 15) is 9.18 Å². The number of carbonyl (C=O) groups excluding carboxylic acids is 1. The Hall–Kier alpha value is -2.73. The average Bonchev–Trinajstić information content (AvgIpc) is 3.18. The van der Waals surface area contributed by atoms with E-state index in [1.54, 1.807) is 0 Å². The summed E-state index contributed by atoms with van der Waals surface area (Å²) >= 11 is 0. The first kappa shape index (κ1) is 20.5. The number of rotatable bonds is 4. The van der Waals surface area contributed by atoms with Gasteiger partial charge in [-0.1, -0.05) is 32.9 Å². The number of imidazole rings is 1. The molecule has 6 heteroatoms. The van der Waals surface area contributed by atoms with Gasteiger partial charge in [0.05, 0.1) is 11.3 Å². The number of piperazine rings is 1. The molecule has 4 rings (SSSR count). The molecule has 1 aromatic carbocycles. The molecule has 0 aliphatic carbocycles. The first-order chi connectivity index (χ1) is 14.3. The molecule has 5 nitrogen and oxygen atoms in total. The summed E-state index contributed by atoms with van der Waals surface area (Å²) in [5, 5.41) is 0. The van der Waals surface area contributed by atoms with Gasteiger partial charge in [-0.3, -0.25) is 9.69 Å². The van der Waals surface area contributed by atoms with Crippen molar-refractivity contribution in [2.45, 2.75) is 32.6 Å². The Kier molecular flexibility index (Phi) is 5.60. The van der Waals surface area contributed by atoms with Crippen molar-refractivity contribution in [3.05, 3.63) is 71.4 Å². The van der Waals surface area contributed by atoms with Crippen LogP contribution in [0.15, 0.2) is 48.8 Å². The highest BCUT2D eigenvalue weighted by Crippen LogP contribution is 2.23. The number of benzene rings is 1. The standard InChI is InChI=1S/C24H29FN4O/c1-24(2,3)21-17-29-11-4-5-20(22(29)26-21)23(30)28-15-13-27(14-16-28)12-10-18-6-8-19(25)9-7-18/h4-9,11,17H,10,12-16H2,1-3H3. The van der Waals surface area contributed by atoms with Crippen molar-refractivity contribution in [3.8, 4) is 0 Å². The fourth-order valence-corrected chi connectivity index (χ4v) is 3.82. The molecule has 1 fully saturated rings. The number of pyridine rings is 1. The second-order valence-corrected chi connectivity index (χ2v) is 9.04. The van der Waals surface area contributed by atoms with Crippen LogP contribution in [0.2, 0.25) is 0 Å². The van der Waals surface area contributed by atoms with Crippen molar-refractivity contribution in [1.29, 1.82) is 0 Å². The van der Waals surface area contributed by atoms with Crippen LogP contribution in [0.25, 0.3) is 5.65 Å². The number of halogens is 1. The zero-order valence-corrected chi connectivity index (χ0v) is 17.9. The quantitative estimate of drug-likeness (QED) is 0.660. The van der Waals surface area contributed by atoms with Crippen LogP contribution in [0.1, 0.15) is 42.4 Å². The van der Waals surface area contributed by atoms with Crippen LogP contribution in [0, 0.1) is 5.82 Å². The van der Waals surface area contributed by atoms with E-state index in [1.807, 2.05) is 46.0 Å². The minimum atomic E-state index is -0.201. The Labute approximate surface area is 177 Å². The lowest BCUT2D eigenvalue weighted by Gasteiger charge is -2.34. The van der Waals surface area contributed by atoms with Crippen LogP contribution < -0.4 is 0 Å². The number of hydrogen-bond acceptors (Lipinski definition) is 3. The van der Waals surface area contributed by atoms with Gasteiger partial charge in [-0.05, 0) is 36.2 Å². The molecule has 30 heavy (non-hydrogen) atoms. The molecule has 3 heterocycles. The van der Waals surface area contributed by atoms with Crippen LogP contribution in [-0.2, 0) is 11.8 Å². The first-order valence-corrected chi connectivity index (χ1v) is 10.6. The van der Waals surface area contributed by atoms with Crippen LogP contribution in [0.5, 0.6) is 0 Å². The Balaban J connectivity index is 1.39. The number of aromatic nitrogens is 2. The average molecular weight is 409 g/mol. The maximum Gasteiger partial charge on any atom is 0.257 e. The predicted octanol–water partition coefficient (Wildman–Crippen LogP) is 3.77. The highest BCUT2D eigenvalue weighted by molar-refractivity contribution is 5.99. The molecule has 1 saturated heterocycles. The van der Waals surface area contributed by atoms with Gasteiger partial charge in [0.25, 0.3) is 5.91 Å². The molecular formula is C24H29FN4O. The van der Waals surface area contributed by atoms with E-state index in [0.29, 0.717) is 18.7 Å². The minimum absolute atomic E-state index is 0.0462. The van der Waals surface area contributed by atoms with E-state index in [0.717, 1.165) is 43.0 Å². The summed E-state index contributed by atoms with van der Waals surface area (Å²) in [5.41, 5.74) is 3.44. The zero-order valence-electron chi connectivity index (χ0n) is 17.9. The third kappa shape index (κ3) is 4.38. The molecule has 1 aliphatic rings. The summed E-state index contributed by atoms with van der Waals surface area (Å²) < 4.78 is 15.0. The van der Waals surface area contributed by atoms with E-state index in [2.05, 4.69) is 25.7 Å². The molecule has 0 N–H and O–H groups in total. The van der Waals surface area contributed by atoms with Gasteiger partial charge < -0.3 is 9.30 Å². The van der Waals surface area contributed by atoms with Gasteiger partial charge in [0.2, 0.25) is 0 Å². The van der Waals surface area contributed by atoms with E-state index >= 15 is 0 Å². The molecule has 158 valence electrons. The topological polar surface area (TPSA) is 40.9 Å². The van der Waals surface area contributed by atoms with Gasteiger partial charge in [-0.25, -0.2) is 9.37 Å². The van der Waals surface area contributed by atoms with Crippen molar-refractivity contribution in [3.63, 3.8) is 0 Å². The van der Waals surface area contributed by atoms with Gasteiger partial charge >= 0.3 is 0 Å². The second kappa shape index (κ2) is 8.19. The fourth-order valence-electron chi connectivity index (χ4n) is 3.82. The van der Waals surface area contributed by atoms with Gasteiger partial charge in [0.15, 0.2) is 0 Å². The summed E-state index contributed by atoms with van der Waals surface area (Å²) in [4.78, 5) is 22.3. The summed E-state index contributed by atoms with van der Waals surface area (Å²) in [7, 11) is 0. The lowest BCUT2D eigenvalue weighted by molar-refractivity contribution is 0.0640. The van der Waals surface area contributed by atoms with Crippen molar-refractivity contribution >= 4 is 11.6 Å². The summed E-state index contributed by atoms with van der Waals surface area (Å²) in [5.74, 6) is -0.155. The molecule has 0 spiro atoms. The highest BCUT2D eigenvalue weighted by Gasteiger charge is 2.25. The number of nitrogens with zero attached hydrogens (tertiary/aromatic N) is 4. The van der Waals surface area contributed by atoms with Crippen molar-refractivity contribution in [1.82, 2.24) is 19.2 Å². The molecule has 2 aromatic heterocycles. The third-order valence-electron chi connectivity index (χ3n) is 5.77. The van der Waals surface area contributed by atoms with Gasteiger partial charge in [0.1, 0.15) is 11.5 Å². The van der Waals surface area contributed by atoms with E-state index in [-0.39, 0.29) is 17.1 Å². The summed E-state index contributed by atoms with van der Waals surface area (Å²) in [6.45, 7) is 10.4. The predicted molar refractivity (Wildman–Crippen MR) is 116 cm³/mol. The lowest BCUT2D eigenvalue weighted by Crippen LogP contribution is -2.49. The maximum absolute atomic E-state index is 13.2. The molecular weight excluding hydrogens is 379 g/mol. The van der Waals surface area contributed by atoms with E-state index in [4.69, 9.17) is 4.98 Å². The molecule has 0 saturated carbocycles. The van der Waals surface area contributed by atoms with E-state index in [1.165, 1.54) is 12.1 Å². The molecule has 0 atom stereocenters. The monoisotopic (exact) mass is 408 g/mol. The Morgan fingerprint density at radius 2 is 1.77 bits per heavy atom. The van der Waals surface area contributed by atoms with E-state index < -0.39 is 0 Å². The van der Waals surface area contributed by atoms with Crippen LogP contribution in [0.3, 0.4) is 0 Å². The zero-order chi connectivity index (χ0) is 21.3. The van der Waals surface area contributed by atoms with Crippen molar-refractivity contribution in [2.24, 2.45) is 0 Å². The number of carbonyl (C=O) groups is 1. The lowest BCUT2D eigenvalue weighted by atomic mass is 9.93. The number of amides is 1. The largest absolute Gasteiger partial charge is 0.336 e. The summed E-state index contributed by atoms with van der Waals surface area (Å²) in [6, 6.07) is 10.5. The van der Waals surface area contributed by atoms with Crippen LogP contribution >= 0.6 is 0 Å². The fraction of sp³-hybridized carbons (Fsp3) is 0.417. The van der Waals surface area contributed by atoms with Crippen molar-refractivity contribution < 1.29 is 9.18 Å². The molecule has 0 radical (unpaired) electrons. The van der Waals surface area contributed by atoms with Gasteiger partial charge in [0, 0.05) is 50.5 Å². The molecule has 0 unspecified atom stereocenters. The second-order valence-electron chi connectivity index (χ2n) is 9.04. The Bertz CT molecular complexity index is 1030. The smallest absolute Gasteiger partial charge is 0.257 e. The molecule has 0 bridgehead atoms. The van der Waals surface area contributed by atoms with Crippen LogP contribution in [-0.4, -0.2) is 57.8 Å². The molecule has 1 aliphatic heterocycles.